The first-order valence-electron chi connectivity index (χ1n) is 4.36. The first kappa shape index (κ1) is 11.2. The summed E-state index contributed by atoms with van der Waals surface area (Å²) in [4.78, 5) is 2.86. The van der Waals surface area contributed by atoms with E-state index in [1.54, 1.807) is 0 Å². The Kier molecular flexibility index (Phi) is 9.52. The molecular weight excluding hydrogens is 152 g/mol. The van der Waals surface area contributed by atoms with Crippen molar-refractivity contribution in [3.8, 4) is 0 Å². The fourth-order valence-electron chi connectivity index (χ4n) is 0.732. The molecule has 3 nitrogen and oxygen atoms in total. The van der Waals surface area contributed by atoms with Crippen LogP contribution in [0.25, 0.3) is 0 Å². The maximum Gasteiger partial charge on any atom is 0.0207 e. The maximum absolute atomic E-state index is 8.04. The minimum absolute atomic E-state index is 0.730. The molecule has 1 aromatic rings. The van der Waals surface area contributed by atoms with Crippen molar-refractivity contribution in [1.29, 1.82) is 0 Å². The minimum atomic E-state index is 0.730. The SMILES string of the molecule is CCCCCNO.c1cc[nH]c1. The molecule has 0 aliphatic carbocycles. The number of aromatic nitrogens is 1. The van der Waals surface area contributed by atoms with Crippen molar-refractivity contribution in [3.05, 3.63) is 24.5 Å². The van der Waals surface area contributed by atoms with Crippen LogP contribution >= 0.6 is 0 Å². The number of unbranched alkanes of at least 4 members (excludes halogenated alkanes) is 2. The fourth-order valence-corrected chi connectivity index (χ4v) is 0.732. The van der Waals surface area contributed by atoms with Gasteiger partial charge in [-0.25, -0.2) is 5.48 Å². The normalized spacial score (nSPS) is 8.83. The predicted octanol–water partition coefficient (Wildman–Crippen LogP) is 2.17. The molecule has 0 saturated heterocycles. The molecule has 3 N–H and O–H groups in total. The van der Waals surface area contributed by atoms with Gasteiger partial charge in [-0.1, -0.05) is 19.8 Å². The van der Waals surface area contributed by atoms with E-state index in [9.17, 15) is 0 Å². The molecule has 0 atom stereocenters. The highest BCUT2D eigenvalue weighted by atomic mass is 16.5. The lowest BCUT2D eigenvalue weighted by molar-refractivity contribution is 0.165. The summed E-state index contributed by atoms with van der Waals surface area (Å²) < 4.78 is 0. The number of H-pyrrole nitrogens is 1. The van der Waals surface area contributed by atoms with Gasteiger partial charge in [-0.3, -0.25) is 0 Å². The third-order valence-corrected chi connectivity index (χ3v) is 1.39. The Morgan fingerprint density at radius 3 is 2.25 bits per heavy atom. The smallest absolute Gasteiger partial charge is 0.0207 e. The maximum atomic E-state index is 8.04. The van der Waals surface area contributed by atoms with E-state index >= 15 is 0 Å². The molecule has 0 amide bonds. The number of hydroxylamine groups is 1. The monoisotopic (exact) mass is 170 g/mol. The minimum Gasteiger partial charge on any atom is -0.368 e. The molecular formula is C9H18N2O. The first-order chi connectivity index (χ1) is 5.91. The molecule has 0 bridgehead atoms. The van der Waals surface area contributed by atoms with Gasteiger partial charge in [0.25, 0.3) is 0 Å². The molecule has 0 aliphatic rings. The van der Waals surface area contributed by atoms with Crippen molar-refractivity contribution in [2.45, 2.75) is 26.2 Å². The molecule has 0 saturated carbocycles. The number of nitrogens with one attached hydrogen (secondary N) is 2. The van der Waals surface area contributed by atoms with Crippen molar-refractivity contribution < 1.29 is 5.21 Å². The highest BCUT2D eigenvalue weighted by molar-refractivity contribution is 4.84. The zero-order chi connectivity index (χ0) is 9.07. The third kappa shape index (κ3) is 9.20. The largest absolute Gasteiger partial charge is 0.368 e. The summed E-state index contributed by atoms with van der Waals surface area (Å²) in [6, 6.07) is 3.89. The second kappa shape index (κ2) is 10.2. The van der Waals surface area contributed by atoms with Gasteiger partial charge in [-0.05, 0) is 18.6 Å². The van der Waals surface area contributed by atoms with Gasteiger partial charge < -0.3 is 10.2 Å². The summed E-state index contributed by atoms with van der Waals surface area (Å²) in [7, 11) is 0. The Morgan fingerprint density at radius 2 is 1.92 bits per heavy atom. The lowest BCUT2D eigenvalue weighted by atomic mass is 10.3. The fraction of sp³-hybridized carbons (Fsp3) is 0.556. The molecule has 12 heavy (non-hydrogen) atoms. The van der Waals surface area contributed by atoms with E-state index in [1.165, 1.54) is 12.8 Å². The standard InChI is InChI=1S/C5H13NO.C4H5N/c1-2-3-4-5-6-7;1-2-4-5-3-1/h6-7H,2-5H2,1H3;1-5H. The summed E-state index contributed by atoms with van der Waals surface area (Å²) >= 11 is 0. The zero-order valence-electron chi connectivity index (χ0n) is 7.59. The average molecular weight is 170 g/mol. The number of rotatable bonds is 4. The van der Waals surface area contributed by atoms with Crippen molar-refractivity contribution in [2.24, 2.45) is 0 Å². The second-order valence-corrected chi connectivity index (χ2v) is 2.50. The van der Waals surface area contributed by atoms with Crippen molar-refractivity contribution in [1.82, 2.24) is 10.5 Å². The van der Waals surface area contributed by atoms with Gasteiger partial charge in [0.15, 0.2) is 0 Å². The van der Waals surface area contributed by atoms with Gasteiger partial charge in [0.2, 0.25) is 0 Å². The van der Waals surface area contributed by atoms with Crippen LogP contribution in [-0.2, 0) is 0 Å². The molecule has 1 heterocycles. The van der Waals surface area contributed by atoms with Gasteiger partial charge in [0.1, 0.15) is 0 Å². The van der Waals surface area contributed by atoms with E-state index < -0.39 is 0 Å². The van der Waals surface area contributed by atoms with Crippen LogP contribution in [-0.4, -0.2) is 16.7 Å². The van der Waals surface area contributed by atoms with Gasteiger partial charge in [-0.15, -0.1) is 0 Å². The van der Waals surface area contributed by atoms with Crippen LogP contribution in [0.15, 0.2) is 24.5 Å². The van der Waals surface area contributed by atoms with Crippen LogP contribution < -0.4 is 5.48 Å². The van der Waals surface area contributed by atoms with Crippen molar-refractivity contribution >= 4 is 0 Å². The molecule has 0 aliphatic heterocycles. The summed E-state index contributed by atoms with van der Waals surface area (Å²) in [6.45, 7) is 2.87. The van der Waals surface area contributed by atoms with Crippen LogP contribution in [0.2, 0.25) is 0 Å². The van der Waals surface area contributed by atoms with Crippen LogP contribution in [0.5, 0.6) is 0 Å². The van der Waals surface area contributed by atoms with E-state index in [-0.39, 0.29) is 0 Å². The molecule has 0 fully saturated rings. The predicted molar refractivity (Wildman–Crippen MR) is 50.1 cm³/mol. The Hall–Kier alpha value is -0.800. The Bertz CT molecular complexity index is 119. The average Bonchev–Trinajstić information content (AvgIpc) is 2.62. The quantitative estimate of drug-likeness (QED) is 0.479. The van der Waals surface area contributed by atoms with Crippen LogP contribution in [0.1, 0.15) is 26.2 Å². The Morgan fingerprint density at radius 1 is 1.25 bits per heavy atom. The van der Waals surface area contributed by atoms with E-state index in [0.29, 0.717) is 0 Å². The van der Waals surface area contributed by atoms with Crippen molar-refractivity contribution in [2.75, 3.05) is 6.54 Å². The van der Waals surface area contributed by atoms with Crippen LogP contribution in [0.3, 0.4) is 0 Å². The third-order valence-electron chi connectivity index (χ3n) is 1.39. The molecule has 0 radical (unpaired) electrons. The first-order valence-corrected chi connectivity index (χ1v) is 4.36. The zero-order valence-corrected chi connectivity index (χ0v) is 7.59. The van der Waals surface area contributed by atoms with Crippen LogP contribution in [0.4, 0.5) is 0 Å². The summed E-state index contributed by atoms with van der Waals surface area (Å²) in [5, 5.41) is 8.04. The Balaban J connectivity index is 0.000000211. The number of hydrogen-bond donors (Lipinski definition) is 3. The van der Waals surface area contributed by atoms with Gasteiger partial charge >= 0.3 is 0 Å². The lowest BCUT2D eigenvalue weighted by Crippen LogP contribution is -2.07. The molecule has 70 valence electrons. The molecule has 0 aromatic carbocycles. The number of hydrogen-bond acceptors (Lipinski definition) is 2. The molecule has 3 heteroatoms. The summed E-state index contributed by atoms with van der Waals surface area (Å²) in [5.41, 5.74) is 2.10. The summed E-state index contributed by atoms with van der Waals surface area (Å²) in [5.74, 6) is 0. The molecule has 0 unspecified atom stereocenters. The Labute approximate surface area is 73.8 Å². The molecule has 1 rings (SSSR count). The van der Waals surface area contributed by atoms with E-state index in [4.69, 9.17) is 5.21 Å². The molecule has 1 aromatic heterocycles. The molecule has 0 spiro atoms. The van der Waals surface area contributed by atoms with Crippen LogP contribution in [0, 0.1) is 0 Å². The highest BCUT2D eigenvalue weighted by Crippen LogP contribution is 1.89. The van der Waals surface area contributed by atoms with Gasteiger partial charge in [0.05, 0.1) is 0 Å². The highest BCUT2D eigenvalue weighted by Gasteiger charge is 1.79. The summed E-state index contributed by atoms with van der Waals surface area (Å²) in [6.07, 6.45) is 7.24. The second-order valence-electron chi connectivity index (χ2n) is 2.50. The lowest BCUT2D eigenvalue weighted by Gasteiger charge is -1.92. The van der Waals surface area contributed by atoms with Gasteiger partial charge in [0, 0.05) is 18.9 Å². The topological polar surface area (TPSA) is 48.0 Å². The number of aromatic amines is 1. The van der Waals surface area contributed by atoms with Gasteiger partial charge in [-0.2, -0.15) is 0 Å². The van der Waals surface area contributed by atoms with E-state index in [2.05, 4.69) is 17.4 Å². The van der Waals surface area contributed by atoms with Crippen molar-refractivity contribution in [3.63, 3.8) is 0 Å². The van der Waals surface area contributed by atoms with E-state index in [0.717, 1.165) is 13.0 Å². The van der Waals surface area contributed by atoms with E-state index in [1.807, 2.05) is 24.5 Å².